The van der Waals surface area contributed by atoms with Crippen LogP contribution >= 0.6 is 0 Å². The van der Waals surface area contributed by atoms with E-state index in [2.05, 4.69) is 9.46 Å². The van der Waals surface area contributed by atoms with E-state index in [1.54, 1.807) is 0 Å². The van der Waals surface area contributed by atoms with E-state index in [-0.39, 0.29) is 5.97 Å². The highest BCUT2D eigenvalue weighted by Crippen LogP contribution is 2.03. The molecule has 0 rings (SSSR count). The second kappa shape index (κ2) is 7.64. The van der Waals surface area contributed by atoms with E-state index in [4.69, 9.17) is 0 Å². The van der Waals surface area contributed by atoms with Crippen molar-refractivity contribution < 1.29 is 17.9 Å². The van der Waals surface area contributed by atoms with Crippen LogP contribution in [0.1, 0.15) is 32.1 Å². The topological polar surface area (TPSA) is 72.5 Å². The molecule has 0 unspecified atom stereocenters. The first-order valence-corrected chi connectivity index (χ1v) is 6.86. The SMILES string of the molecule is COC(=O)CCCCCCNS(C)(=O)=O. The maximum absolute atomic E-state index is 10.7. The zero-order valence-corrected chi connectivity index (χ0v) is 10.1. The Morgan fingerprint density at radius 3 is 2.33 bits per heavy atom. The van der Waals surface area contributed by atoms with Gasteiger partial charge in [-0.2, -0.15) is 0 Å². The average molecular weight is 237 g/mol. The Bertz CT molecular complexity index is 274. The van der Waals surface area contributed by atoms with Crippen molar-refractivity contribution in [2.75, 3.05) is 19.9 Å². The molecule has 0 saturated carbocycles. The number of ether oxygens (including phenoxy) is 1. The predicted octanol–water partition coefficient (Wildman–Crippen LogP) is 0.659. The number of hydrogen-bond donors (Lipinski definition) is 1. The van der Waals surface area contributed by atoms with Gasteiger partial charge in [0.1, 0.15) is 0 Å². The van der Waals surface area contributed by atoms with Crippen LogP contribution in [0.4, 0.5) is 0 Å². The van der Waals surface area contributed by atoms with Gasteiger partial charge in [-0.05, 0) is 12.8 Å². The van der Waals surface area contributed by atoms with E-state index in [1.165, 1.54) is 7.11 Å². The van der Waals surface area contributed by atoms with Gasteiger partial charge in [-0.25, -0.2) is 13.1 Å². The smallest absolute Gasteiger partial charge is 0.305 e. The van der Waals surface area contributed by atoms with E-state index < -0.39 is 10.0 Å². The van der Waals surface area contributed by atoms with Crippen molar-refractivity contribution in [3.63, 3.8) is 0 Å². The lowest BCUT2D eigenvalue weighted by Crippen LogP contribution is -2.22. The monoisotopic (exact) mass is 237 g/mol. The lowest BCUT2D eigenvalue weighted by atomic mass is 10.1. The number of carbonyl (C=O) groups excluding carboxylic acids is 1. The van der Waals surface area contributed by atoms with Crippen molar-refractivity contribution in [3.05, 3.63) is 0 Å². The normalized spacial score (nSPS) is 11.3. The summed E-state index contributed by atoms with van der Waals surface area (Å²) in [6.07, 6.45) is 5.01. The number of rotatable bonds is 8. The summed E-state index contributed by atoms with van der Waals surface area (Å²) in [5.41, 5.74) is 0. The minimum absolute atomic E-state index is 0.190. The number of unbranched alkanes of at least 4 members (excludes halogenated alkanes) is 3. The Labute approximate surface area is 91.2 Å². The molecule has 0 atom stereocenters. The summed E-state index contributed by atoms with van der Waals surface area (Å²) in [6, 6.07) is 0. The first kappa shape index (κ1) is 14.4. The molecule has 0 aliphatic heterocycles. The van der Waals surface area contributed by atoms with Gasteiger partial charge in [0.2, 0.25) is 10.0 Å². The molecule has 0 fully saturated rings. The molecule has 5 nitrogen and oxygen atoms in total. The maximum Gasteiger partial charge on any atom is 0.305 e. The Hall–Kier alpha value is -0.620. The third-order valence-electron chi connectivity index (χ3n) is 1.90. The lowest BCUT2D eigenvalue weighted by molar-refractivity contribution is -0.140. The van der Waals surface area contributed by atoms with Gasteiger partial charge < -0.3 is 4.74 Å². The van der Waals surface area contributed by atoms with Crippen molar-refractivity contribution >= 4 is 16.0 Å². The van der Waals surface area contributed by atoms with E-state index in [1.807, 2.05) is 0 Å². The number of sulfonamides is 1. The second-order valence-corrected chi connectivity index (χ2v) is 5.24. The van der Waals surface area contributed by atoms with Crippen LogP contribution < -0.4 is 4.72 Å². The van der Waals surface area contributed by atoms with Crippen LogP contribution in [0.3, 0.4) is 0 Å². The van der Waals surface area contributed by atoms with Gasteiger partial charge in [0.25, 0.3) is 0 Å². The summed E-state index contributed by atoms with van der Waals surface area (Å²) in [6.45, 7) is 0.469. The zero-order chi connectivity index (χ0) is 11.7. The molecule has 0 aromatic carbocycles. The largest absolute Gasteiger partial charge is 0.469 e. The highest BCUT2D eigenvalue weighted by molar-refractivity contribution is 7.88. The molecule has 0 aromatic rings. The number of nitrogens with one attached hydrogen (secondary N) is 1. The first-order valence-electron chi connectivity index (χ1n) is 4.97. The summed E-state index contributed by atoms with van der Waals surface area (Å²) in [7, 11) is -1.69. The van der Waals surface area contributed by atoms with Crippen LogP contribution in [-0.2, 0) is 19.6 Å². The van der Waals surface area contributed by atoms with Crippen LogP contribution in [0.25, 0.3) is 0 Å². The highest BCUT2D eigenvalue weighted by Gasteiger charge is 2.00. The van der Waals surface area contributed by atoms with Crippen molar-refractivity contribution in [1.29, 1.82) is 0 Å². The Kier molecular flexibility index (Phi) is 7.33. The summed E-state index contributed by atoms with van der Waals surface area (Å²) in [5, 5.41) is 0. The molecule has 0 aliphatic carbocycles. The minimum Gasteiger partial charge on any atom is -0.469 e. The molecular weight excluding hydrogens is 218 g/mol. The molecule has 0 aliphatic rings. The van der Waals surface area contributed by atoms with Gasteiger partial charge in [-0.15, -0.1) is 0 Å². The van der Waals surface area contributed by atoms with E-state index >= 15 is 0 Å². The molecule has 0 saturated heterocycles. The zero-order valence-electron chi connectivity index (χ0n) is 9.28. The molecule has 6 heteroatoms. The van der Waals surface area contributed by atoms with Crippen LogP contribution in [-0.4, -0.2) is 34.3 Å². The van der Waals surface area contributed by atoms with Crippen LogP contribution in [0.15, 0.2) is 0 Å². The molecule has 0 amide bonds. The molecule has 15 heavy (non-hydrogen) atoms. The third-order valence-corrected chi connectivity index (χ3v) is 2.63. The average Bonchev–Trinajstić information content (AvgIpc) is 2.14. The third kappa shape index (κ3) is 11.3. The van der Waals surface area contributed by atoms with Gasteiger partial charge in [0, 0.05) is 13.0 Å². The van der Waals surface area contributed by atoms with Crippen molar-refractivity contribution in [3.8, 4) is 0 Å². The molecule has 1 N–H and O–H groups in total. The number of esters is 1. The van der Waals surface area contributed by atoms with Crippen LogP contribution in [0.5, 0.6) is 0 Å². The molecule has 0 heterocycles. The summed E-state index contributed by atoms with van der Waals surface area (Å²) in [4.78, 5) is 10.7. The Morgan fingerprint density at radius 2 is 1.80 bits per heavy atom. The van der Waals surface area contributed by atoms with Crippen molar-refractivity contribution in [1.82, 2.24) is 4.72 Å². The van der Waals surface area contributed by atoms with Crippen LogP contribution in [0, 0.1) is 0 Å². The van der Waals surface area contributed by atoms with E-state index in [0.29, 0.717) is 13.0 Å². The fourth-order valence-corrected chi connectivity index (χ4v) is 1.62. The minimum atomic E-state index is -3.06. The molecular formula is C9H19NO4S. The van der Waals surface area contributed by atoms with Gasteiger partial charge in [-0.3, -0.25) is 4.79 Å². The van der Waals surface area contributed by atoms with E-state index in [9.17, 15) is 13.2 Å². The first-order chi connectivity index (χ1) is 6.95. The number of methoxy groups -OCH3 is 1. The van der Waals surface area contributed by atoms with Gasteiger partial charge >= 0.3 is 5.97 Å². The van der Waals surface area contributed by atoms with Gasteiger partial charge in [0.05, 0.1) is 13.4 Å². The van der Waals surface area contributed by atoms with Gasteiger partial charge in [-0.1, -0.05) is 12.8 Å². The fraction of sp³-hybridized carbons (Fsp3) is 0.889. The summed E-state index contributed by atoms with van der Waals surface area (Å²) < 4.78 is 28.3. The molecule has 90 valence electrons. The summed E-state index contributed by atoms with van der Waals surface area (Å²) >= 11 is 0. The Morgan fingerprint density at radius 1 is 1.20 bits per heavy atom. The Balaban J connectivity index is 3.23. The highest BCUT2D eigenvalue weighted by atomic mass is 32.2. The molecule has 0 bridgehead atoms. The quantitative estimate of drug-likeness (QED) is 0.497. The maximum atomic E-state index is 10.7. The van der Waals surface area contributed by atoms with Crippen molar-refractivity contribution in [2.24, 2.45) is 0 Å². The fourth-order valence-electron chi connectivity index (χ4n) is 1.11. The number of carbonyl (C=O) groups is 1. The number of hydrogen-bond acceptors (Lipinski definition) is 4. The molecule has 0 radical (unpaired) electrons. The van der Waals surface area contributed by atoms with Gasteiger partial charge in [0.15, 0.2) is 0 Å². The molecule has 0 aromatic heterocycles. The lowest BCUT2D eigenvalue weighted by Gasteiger charge is -2.02. The van der Waals surface area contributed by atoms with E-state index in [0.717, 1.165) is 31.9 Å². The predicted molar refractivity (Wildman–Crippen MR) is 57.9 cm³/mol. The second-order valence-electron chi connectivity index (χ2n) is 3.41. The molecule has 0 spiro atoms. The van der Waals surface area contributed by atoms with Crippen molar-refractivity contribution in [2.45, 2.75) is 32.1 Å². The van der Waals surface area contributed by atoms with Crippen LogP contribution in [0.2, 0.25) is 0 Å². The summed E-state index contributed by atoms with van der Waals surface area (Å²) in [5.74, 6) is -0.190. The standard InChI is InChI=1S/C9H19NO4S/c1-14-9(11)7-5-3-4-6-8-10-15(2,12)13/h10H,3-8H2,1-2H3.